The largest absolute Gasteiger partial charge is 0.335 e. The number of nitrogens with one attached hydrogen (secondary N) is 1. The summed E-state index contributed by atoms with van der Waals surface area (Å²) in [5.41, 5.74) is 4.94. The molecular formula is C19H21N5OS. The molecule has 0 radical (unpaired) electrons. The van der Waals surface area contributed by atoms with Gasteiger partial charge in [0.25, 0.3) is 0 Å². The molecule has 0 fully saturated rings. The molecule has 0 spiro atoms. The molecule has 0 aliphatic rings. The van der Waals surface area contributed by atoms with Gasteiger partial charge in [-0.1, -0.05) is 48.2 Å². The number of amides is 1. The first-order chi connectivity index (χ1) is 12.5. The predicted octanol–water partition coefficient (Wildman–Crippen LogP) is 3.31. The van der Waals surface area contributed by atoms with Gasteiger partial charge in [0.2, 0.25) is 11.1 Å². The van der Waals surface area contributed by atoms with Crippen molar-refractivity contribution in [3.8, 4) is 11.4 Å². The van der Waals surface area contributed by atoms with Crippen molar-refractivity contribution in [1.82, 2.24) is 14.9 Å². The van der Waals surface area contributed by atoms with Crippen LogP contribution in [-0.4, -0.2) is 26.5 Å². The van der Waals surface area contributed by atoms with Crippen molar-refractivity contribution in [2.45, 2.75) is 25.9 Å². The maximum Gasteiger partial charge on any atom is 0.234 e. The monoisotopic (exact) mass is 367 g/mol. The Bertz CT molecular complexity index is 951. The third-order valence-corrected chi connectivity index (χ3v) is 4.99. The molecule has 0 saturated carbocycles. The highest BCUT2D eigenvalue weighted by Crippen LogP contribution is 2.24. The van der Waals surface area contributed by atoms with Crippen molar-refractivity contribution in [2.75, 3.05) is 16.9 Å². The summed E-state index contributed by atoms with van der Waals surface area (Å²) < 4.78 is 1.43. The molecule has 0 aliphatic carbocycles. The fourth-order valence-electron chi connectivity index (χ4n) is 2.57. The number of carbonyl (C=O) groups excluding carboxylic acids is 1. The fourth-order valence-corrected chi connectivity index (χ4v) is 3.23. The van der Waals surface area contributed by atoms with Crippen LogP contribution in [0, 0.1) is 20.8 Å². The quantitative estimate of drug-likeness (QED) is 0.534. The van der Waals surface area contributed by atoms with Gasteiger partial charge in [0.1, 0.15) is 0 Å². The lowest BCUT2D eigenvalue weighted by molar-refractivity contribution is -0.113. The van der Waals surface area contributed by atoms with Gasteiger partial charge in [0.05, 0.1) is 5.75 Å². The molecule has 1 amide bonds. The van der Waals surface area contributed by atoms with Gasteiger partial charge in [0.15, 0.2) is 5.82 Å². The molecule has 0 unspecified atom stereocenters. The Kier molecular flexibility index (Phi) is 5.27. The molecule has 3 aromatic rings. The standard InChI is InChI=1S/C19H21N5OS/c1-12-8-9-14(3)16(10-12)21-17(25)11-26-19-23-22-18(24(19)20)15-7-5-4-6-13(15)2/h4-10H,11,20H2,1-3H3,(H,21,25). The van der Waals surface area contributed by atoms with Crippen LogP contribution >= 0.6 is 11.8 Å². The lowest BCUT2D eigenvalue weighted by Gasteiger charge is -2.09. The fraction of sp³-hybridized carbons (Fsp3) is 0.211. The van der Waals surface area contributed by atoms with E-state index >= 15 is 0 Å². The maximum atomic E-state index is 12.3. The van der Waals surface area contributed by atoms with Crippen LogP contribution < -0.4 is 11.2 Å². The number of rotatable bonds is 5. The second kappa shape index (κ2) is 7.61. The molecule has 0 aliphatic heterocycles. The molecule has 7 heteroatoms. The number of thioether (sulfide) groups is 1. The van der Waals surface area contributed by atoms with Gasteiger partial charge in [-0.3, -0.25) is 4.79 Å². The SMILES string of the molecule is Cc1ccc(C)c(NC(=O)CSc2nnc(-c3ccccc3C)n2N)c1. The molecular weight excluding hydrogens is 346 g/mol. The minimum atomic E-state index is -0.107. The number of aromatic nitrogens is 3. The Morgan fingerprint density at radius 3 is 2.65 bits per heavy atom. The number of nitrogen functional groups attached to an aromatic ring is 1. The zero-order valence-electron chi connectivity index (χ0n) is 15.0. The van der Waals surface area contributed by atoms with Crippen molar-refractivity contribution >= 4 is 23.4 Å². The Labute approximate surface area is 156 Å². The highest BCUT2D eigenvalue weighted by atomic mass is 32.2. The van der Waals surface area contributed by atoms with E-state index in [1.807, 2.05) is 63.2 Å². The number of carbonyl (C=O) groups is 1. The summed E-state index contributed by atoms with van der Waals surface area (Å²) in [5.74, 6) is 6.81. The highest BCUT2D eigenvalue weighted by molar-refractivity contribution is 7.99. The highest BCUT2D eigenvalue weighted by Gasteiger charge is 2.15. The summed E-state index contributed by atoms with van der Waals surface area (Å²) in [6, 6.07) is 13.8. The van der Waals surface area contributed by atoms with Crippen LogP contribution in [0.3, 0.4) is 0 Å². The van der Waals surface area contributed by atoms with E-state index in [1.165, 1.54) is 16.4 Å². The zero-order chi connectivity index (χ0) is 18.7. The molecule has 3 rings (SSSR count). The molecule has 0 atom stereocenters. The number of nitrogens with zero attached hydrogens (tertiary/aromatic N) is 3. The molecule has 6 nitrogen and oxygen atoms in total. The molecule has 0 bridgehead atoms. The van der Waals surface area contributed by atoms with Gasteiger partial charge in [-0.25, -0.2) is 4.68 Å². The number of anilines is 1. The van der Waals surface area contributed by atoms with Crippen molar-refractivity contribution in [1.29, 1.82) is 0 Å². The van der Waals surface area contributed by atoms with E-state index in [1.54, 1.807) is 0 Å². The second-order valence-electron chi connectivity index (χ2n) is 6.15. The summed E-state index contributed by atoms with van der Waals surface area (Å²) in [6.45, 7) is 5.95. The molecule has 134 valence electrons. The molecule has 0 saturated heterocycles. The number of nitrogens with two attached hydrogens (primary N) is 1. The van der Waals surface area contributed by atoms with Crippen molar-refractivity contribution < 1.29 is 4.79 Å². The van der Waals surface area contributed by atoms with Crippen LogP contribution in [0.4, 0.5) is 5.69 Å². The summed E-state index contributed by atoms with van der Waals surface area (Å²) in [4.78, 5) is 12.3. The molecule has 2 aromatic carbocycles. The van der Waals surface area contributed by atoms with Crippen molar-refractivity contribution in [3.05, 3.63) is 59.2 Å². The number of hydrogen-bond acceptors (Lipinski definition) is 5. The van der Waals surface area contributed by atoms with Gasteiger partial charge < -0.3 is 11.2 Å². The normalized spacial score (nSPS) is 10.7. The van der Waals surface area contributed by atoms with E-state index in [0.717, 1.165) is 27.9 Å². The summed E-state index contributed by atoms with van der Waals surface area (Å²) in [5, 5.41) is 11.7. The van der Waals surface area contributed by atoms with Gasteiger partial charge in [-0.2, -0.15) is 0 Å². The van der Waals surface area contributed by atoms with Crippen molar-refractivity contribution in [3.63, 3.8) is 0 Å². The van der Waals surface area contributed by atoms with E-state index in [0.29, 0.717) is 11.0 Å². The van der Waals surface area contributed by atoms with Crippen LogP contribution in [0.15, 0.2) is 47.6 Å². The number of hydrogen-bond donors (Lipinski definition) is 2. The van der Waals surface area contributed by atoms with Gasteiger partial charge in [-0.15, -0.1) is 10.2 Å². The number of benzene rings is 2. The zero-order valence-corrected chi connectivity index (χ0v) is 15.8. The predicted molar refractivity (Wildman–Crippen MR) is 106 cm³/mol. The third kappa shape index (κ3) is 3.88. The average Bonchev–Trinajstić information content (AvgIpc) is 2.97. The van der Waals surface area contributed by atoms with Gasteiger partial charge in [-0.05, 0) is 43.5 Å². The lowest BCUT2D eigenvalue weighted by Crippen LogP contribution is -2.17. The Balaban J connectivity index is 1.68. The molecule has 1 heterocycles. The number of aryl methyl sites for hydroxylation is 3. The van der Waals surface area contributed by atoms with Gasteiger partial charge >= 0.3 is 0 Å². The van der Waals surface area contributed by atoms with Crippen LogP contribution in [0.2, 0.25) is 0 Å². The van der Waals surface area contributed by atoms with E-state index in [-0.39, 0.29) is 11.7 Å². The Morgan fingerprint density at radius 2 is 1.88 bits per heavy atom. The maximum absolute atomic E-state index is 12.3. The Hall–Kier alpha value is -2.80. The first kappa shape index (κ1) is 18.0. The minimum Gasteiger partial charge on any atom is -0.335 e. The van der Waals surface area contributed by atoms with Gasteiger partial charge in [0, 0.05) is 11.3 Å². The first-order valence-electron chi connectivity index (χ1n) is 8.22. The van der Waals surface area contributed by atoms with E-state index in [2.05, 4.69) is 15.5 Å². The second-order valence-corrected chi connectivity index (χ2v) is 7.09. The smallest absolute Gasteiger partial charge is 0.234 e. The van der Waals surface area contributed by atoms with E-state index in [4.69, 9.17) is 5.84 Å². The van der Waals surface area contributed by atoms with Crippen molar-refractivity contribution in [2.24, 2.45) is 0 Å². The molecule has 1 aromatic heterocycles. The Morgan fingerprint density at radius 1 is 1.12 bits per heavy atom. The summed E-state index contributed by atoms with van der Waals surface area (Å²) >= 11 is 1.26. The summed E-state index contributed by atoms with van der Waals surface area (Å²) in [6.07, 6.45) is 0. The van der Waals surface area contributed by atoms with E-state index < -0.39 is 0 Å². The molecule has 26 heavy (non-hydrogen) atoms. The minimum absolute atomic E-state index is 0.107. The van der Waals surface area contributed by atoms with Crippen LogP contribution in [0.5, 0.6) is 0 Å². The third-order valence-electron chi connectivity index (χ3n) is 4.05. The van der Waals surface area contributed by atoms with E-state index in [9.17, 15) is 4.79 Å². The first-order valence-corrected chi connectivity index (χ1v) is 9.20. The lowest BCUT2D eigenvalue weighted by atomic mass is 10.1. The summed E-state index contributed by atoms with van der Waals surface area (Å²) in [7, 11) is 0. The van der Waals surface area contributed by atoms with Crippen LogP contribution in [-0.2, 0) is 4.79 Å². The topological polar surface area (TPSA) is 85.8 Å². The van der Waals surface area contributed by atoms with Crippen LogP contribution in [0.25, 0.3) is 11.4 Å². The van der Waals surface area contributed by atoms with Crippen LogP contribution in [0.1, 0.15) is 16.7 Å². The average molecular weight is 367 g/mol. The molecule has 3 N–H and O–H groups in total.